The van der Waals surface area contributed by atoms with E-state index >= 15 is 0 Å². The zero-order chi connectivity index (χ0) is 17.2. The Labute approximate surface area is 155 Å². The van der Waals surface area contributed by atoms with Crippen molar-refractivity contribution in [1.82, 2.24) is 4.98 Å². The van der Waals surface area contributed by atoms with Gasteiger partial charge in [0.2, 0.25) is 0 Å². The molecule has 2 aliphatic heterocycles. The second-order valence-corrected chi connectivity index (χ2v) is 8.23. The van der Waals surface area contributed by atoms with Crippen molar-refractivity contribution < 1.29 is 9.50 Å². The smallest absolute Gasteiger partial charge is 0.127 e. The van der Waals surface area contributed by atoms with E-state index in [2.05, 4.69) is 11.1 Å². The second kappa shape index (κ2) is 7.36. The van der Waals surface area contributed by atoms with E-state index in [-0.39, 0.29) is 11.7 Å². The first kappa shape index (κ1) is 16.9. The van der Waals surface area contributed by atoms with Crippen LogP contribution in [-0.4, -0.2) is 21.6 Å². The zero-order valence-corrected chi connectivity index (χ0v) is 15.2. The van der Waals surface area contributed by atoms with Gasteiger partial charge >= 0.3 is 0 Å². The minimum Gasteiger partial charge on any atom is -0.384 e. The summed E-state index contributed by atoms with van der Waals surface area (Å²) >= 11 is 3.55. The van der Waals surface area contributed by atoms with Crippen molar-refractivity contribution in [2.45, 2.75) is 18.4 Å². The number of halogens is 1. The average molecular weight is 372 g/mol. The van der Waals surface area contributed by atoms with Crippen LogP contribution in [0.5, 0.6) is 0 Å². The zero-order valence-electron chi connectivity index (χ0n) is 13.6. The van der Waals surface area contributed by atoms with E-state index in [1.54, 1.807) is 30.2 Å². The molecular weight excluding hydrogens is 353 g/mol. The van der Waals surface area contributed by atoms with Crippen LogP contribution in [0.1, 0.15) is 29.6 Å². The van der Waals surface area contributed by atoms with Gasteiger partial charge in [0, 0.05) is 45.2 Å². The van der Waals surface area contributed by atoms with Gasteiger partial charge in [-0.15, -0.1) is 23.5 Å². The van der Waals surface area contributed by atoms with Gasteiger partial charge in [0.15, 0.2) is 0 Å². The minimum atomic E-state index is -0.773. The highest BCUT2D eigenvalue weighted by Crippen LogP contribution is 2.53. The molecule has 0 saturated carbocycles. The van der Waals surface area contributed by atoms with E-state index in [4.69, 9.17) is 0 Å². The third-order valence-electron chi connectivity index (χ3n) is 4.54. The third kappa shape index (κ3) is 3.28. The van der Waals surface area contributed by atoms with Crippen molar-refractivity contribution in [2.75, 3.05) is 11.5 Å². The number of pyridine rings is 1. The van der Waals surface area contributed by atoms with Gasteiger partial charge in [0.05, 0.1) is 0 Å². The number of hydrogen-bond acceptors (Lipinski definition) is 4. The van der Waals surface area contributed by atoms with Gasteiger partial charge < -0.3 is 5.11 Å². The molecule has 0 radical (unpaired) electrons. The molecule has 2 nitrogen and oxygen atoms in total. The molecule has 0 amide bonds. The van der Waals surface area contributed by atoms with Crippen LogP contribution < -0.4 is 0 Å². The van der Waals surface area contributed by atoms with Crippen molar-refractivity contribution in [3.8, 4) is 0 Å². The van der Waals surface area contributed by atoms with Crippen molar-refractivity contribution in [1.29, 1.82) is 0 Å². The number of aliphatic hydroxyl groups excluding tert-OH is 1. The summed E-state index contributed by atoms with van der Waals surface area (Å²) in [5, 5.41) is 11.1. The van der Waals surface area contributed by atoms with Gasteiger partial charge in [0.25, 0.3) is 0 Å². The summed E-state index contributed by atoms with van der Waals surface area (Å²) in [6, 6.07) is 10.6. The standard InChI is InChI=1S/C20H18FNOS2/c21-16-7-2-1-6-14(16)15-12-25-20(17-8-4-10-24-17)18(15)19(23)13-5-3-9-22-11-13/h1-3,5-9,11,15,19,23H,4,10,12H2. The Bertz CT molecular complexity index is 835. The molecule has 3 heterocycles. The normalized spacial score (nSPS) is 21.5. The Morgan fingerprint density at radius 3 is 2.76 bits per heavy atom. The molecule has 2 aliphatic rings. The molecule has 2 unspecified atom stereocenters. The Morgan fingerprint density at radius 2 is 2.04 bits per heavy atom. The minimum absolute atomic E-state index is 0.126. The van der Waals surface area contributed by atoms with Crippen molar-refractivity contribution in [2.24, 2.45) is 0 Å². The van der Waals surface area contributed by atoms with Crippen molar-refractivity contribution in [3.05, 3.63) is 87.2 Å². The molecule has 0 fully saturated rings. The average Bonchev–Trinajstić information content (AvgIpc) is 3.31. The van der Waals surface area contributed by atoms with Crippen LogP contribution in [0.3, 0.4) is 0 Å². The molecule has 4 rings (SSSR count). The van der Waals surface area contributed by atoms with Crippen LogP contribution in [0.4, 0.5) is 4.39 Å². The maximum Gasteiger partial charge on any atom is 0.127 e. The van der Waals surface area contributed by atoms with Gasteiger partial charge in [-0.1, -0.05) is 30.3 Å². The maximum absolute atomic E-state index is 14.4. The highest BCUT2D eigenvalue weighted by Gasteiger charge is 2.36. The summed E-state index contributed by atoms with van der Waals surface area (Å²) in [5.74, 6) is 1.48. The van der Waals surface area contributed by atoms with Crippen LogP contribution in [0.25, 0.3) is 0 Å². The fourth-order valence-corrected chi connectivity index (χ4v) is 5.97. The molecule has 2 aromatic rings. The highest BCUT2D eigenvalue weighted by atomic mass is 32.2. The fraction of sp³-hybridized carbons (Fsp3) is 0.250. The van der Waals surface area contributed by atoms with E-state index < -0.39 is 6.10 Å². The molecule has 0 bridgehead atoms. The Kier molecular flexibility index (Phi) is 4.97. The van der Waals surface area contributed by atoms with Crippen molar-refractivity contribution in [3.63, 3.8) is 0 Å². The van der Waals surface area contributed by atoms with Crippen LogP contribution >= 0.6 is 23.5 Å². The molecule has 1 aromatic carbocycles. The predicted molar refractivity (Wildman–Crippen MR) is 103 cm³/mol. The topological polar surface area (TPSA) is 33.1 Å². The SMILES string of the molecule is OC(C1=C(C2=CCCS2)SCC1c1ccccc1F)c1cccnc1. The van der Waals surface area contributed by atoms with Gasteiger partial charge in [-0.05, 0) is 29.7 Å². The lowest BCUT2D eigenvalue weighted by atomic mass is 9.86. The largest absolute Gasteiger partial charge is 0.384 e. The molecule has 1 aromatic heterocycles. The lowest BCUT2D eigenvalue weighted by Crippen LogP contribution is -2.12. The number of thioether (sulfide) groups is 2. The van der Waals surface area contributed by atoms with E-state index in [9.17, 15) is 9.50 Å². The van der Waals surface area contributed by atoms with E-state index in [1.165, 1.54) is 11.0 Å². The third-order valence-corrected chi connectivity index (χ3v) is 7.03. The molecule has 5 heteroatoms. The number of nitrogens with zero attached hydrogens (tertiary/aromatic N) is 1. The number of aliphatic hydroxyl groups is 1. The van der Waals surface area contributed by atoms with E-state index in [0.29, 0.717) is 5.56 Å². The molecular formula is C20H18FNOS2. The van der Waals surface area contributed by atoms with Crippen molar-refractivity contribution >= 4 is 23.5 Å². The quantitative estimate of drug-likeness (QED) is 0.814. The summed E-state index contributed by atoms with van der Waals surface area (Å²) in [6.45, 7) is 0. The predicted octanol–water partition coefficient (Wildman–Crippen LogP) is 5.06. The number of benzene rings is 1. The van der Waals surface area contributed by atoms with Crippen LogP contribution in [0.15, 0.2) is 70.3 Å². The van der Waals surface area contributed by atoms with Crippen LogP contribution in [0.2, 0.25) is 0 Å². The van der Waals surface area contributed by atoms with Gasteiger partial charge in [-0.2, -0.15) is 0 Å². The van der Waals surface area contributed by atoms with Crippen LogP contribution in [-0.2, 0) is 0 Å². The molecule has 128 valence electrons. The molecule has 0 spiro atoms. The second-order valence-electron chi connectivity index (χ2n) is 6.06. The first-order valence-electron chi connectivity index (χ1n) is 8.28. The summed E-state index contributed by atoms with van der Waals surface area (Å²) in [4.78, 5) is 6.47. The Hall–Kier alpha value is -1.56. The first-order chi connectivity index (χ1) is 12.3. The highest BCUT2D eigenvalue weighted by molar-refractivity contribution is 8.08. The molecule has 2 atom stereocenters. The summed E-state index contributed by atoms with van der Waals surface area (Å²) in [7, 11) is 0. The fourth-order valence-electron chi connectivity index (χ4n) is 3.33. The first-order valence-corrected chi connectivity index (χ1v) is 10.3. The molecule has 25 heavy (non-hydrogen) atoms. The van der Waals surface area contributed by atoms with Gasteiger partial charge in [-0.3, -0.25) is 4.98 Å². The number of rotatable bonds is 4. The van der Waals surface area contributed by atoms with E-state index in [1.807, 2.05) is 36.0 Å². The van der Waals surface area contributed by atoms with E-state index in [0.717, 1.165) is 34.0 Å². The van der Waals surface area contributed by atoms with Gasteiger partial charge in [-0.25, -0.2) is 4.39 Å². The summed E-state index contributed by atoms with van der Waals surface area (Å²) in [5.41, 5.74) is 2.32. The summed E-state index contributed by atoms with van der Waals surface area (Å²) in [6.07, 6.45) is 5.88. The number of allylic oxidation sites excluding steroid dienone is 1. The Balaban J connectivity index is 1.81. The molecule has 0 saturated heterocycles. The van der Waals surface area contributed by atoms with Gasteiger partial charge in [0.1, 0.15) is 11.9 Å². The Morgan fingerprint density at radius 1 is 1.16 bits per heavy atom. The summed E-state index contributed by atoms with van der Waals surface area (Å²) < 4.78 is 14.4. The monoisotopic (exact) mass is 371 g/mol. The maximum atomic E-state index is 14.4. The molecule has 1 N–H and O–H groups in total. The number of aromatic nitrogens is 1. The van der Waals surface area contributed by atoms with Crippen LogP contribution in [0, 0.1) is 5.82 Å². The lowest BCUT2D eigenvalue weighted by Gasteiger charge is -2.21. The lowest BCUT2D eigenvalue weighted by molar-refractivity contribution is 0.208. The molecule has 0 aliphatic carbocycles. The number of hydrogen-bond donors (Lipinski definition) is 1.